The smallest absolute Gasteiger partial charge is 0.326 e. The quantitative estimate of drug-likeness (QED) is 0.654. The first-order chi connectivity index (χ1) is 11.7. The molecular weight excluding hydrogens is 308 g/mol. The number of methoxy groups -OCH3 is 1. The average molecular weight is 324 g/mol. The number of carbonyl (C=O) groups excluding carboxylic acids is 2. The highest BCUT2D eigenvalue weighted by atomic mass is 16.5. The van der Waals surface area contributed by atoms with Gasteiger partial charge in [-0.1, -0.05) is 42.5 Å². The van der Waals surface area contributed by atoms with Gasteiger partial charge in [0, 0.05) is 5.56 Å². The van der Waals surface area contributed by atoms with E-state index in [0.29, 0.717) is 23.7 Å². The Morgan fingerprint density at radius 1 is 1.00 bits per heavy atom. The van der Waals surface area contributed by atoms with Crippen molar-refractivity contribution in [3.8, 4) is 11.5 Å². The van der Waals surface area contributed by atoms with E-state index in [0.717, 1.165) is 5.56 Å². The van der Waals surface area contributed by atoms with Crippen LogP contribution in [0.15, 0.2) is 54.2 Å². The van der Waals surface area contributed by atoms with Crippen molar-refractivity contribution in [1.29, 1.82) is 0 Å². The molecule has 2 aromatic rings. The molecule has 3 amide bonds. The first-order valence-electron chi connectivity index (χ1n) is 7.35. The lowest BCUT2D eigenvalue weighted by molar-refractivity contribution is -0.115. The van der Waals surface area contributed by atoms with E-state index >= 15 is 0 Å². The highest BCUT2D eigenvalue weighted by Gasteiger charge is 2.23. The molecule has 6 heteroatoms. The van der Waals surface area contributed by atoms with E-state index < -0.39 is 11.9 Å². The van der Waals surface area contributed by atoms with Gasteiger partial charge in [-0.3, -0.25) is 10.1 Å². The van der Waals surface area contributed by atoms with Crippen LogP contribution in [-0.2, 0) is 11.4 Å². The lowest BCUT2D eigenvalue weighted by atomic mass is 10.1. The van der Waals surface area contributed by atoms with Gasteiger partial charge >= 0.3 is 6.03 Å². The van der Waals surface area contributed by atoms with Crippen molar-refractivity contribution in [3.05, 3.63) is 65.4 Å². The minimum atomic E-state index is -0.541. The first-order valence-corrected chi connectivity index (χ1v) is 7.35. The van der Waals surface area contributed by atoms with Crippen LogP contribution in [0.1, 0.15) is 11.1 Å². The maximum Gasteiger partial charge on any atom is 0.326 e. The minimum absolute atomic E-state index is 0.165. The van der Waals surface area contributed by atoms with Crippen LogP contribution >= 0.6 is 0 Å². The molecule has 0 atom stereocenters. The van der Waals surface area contributed by atoms with Gasteiger partial charge in [-0.05, 0) is 17.7 Å². The summed E-state index contributed by atoms with van der Waals surface area (Å²) in [7, 11) is 1.55. The zero-order valence-electron chi connectivity index (χ0n) is 13.0. The van der Waals surface area contributed by atoms with E-state index in [4.69, 9.17) is 9.47 Å². The number of hydrogen-bond acceptors (Lipinski definition) is 4. The Kier molecular flexibility index (Phi) is 4.47. The van der Waals surface area contributed by atoms with Crippen molar-refractivity contribution in [1.82, 2.24) is 10.6 Å². The summed E-state index contributed by atoms with van der Waals surface area (Å²) in [6, 6.07) is 14.5. The van der Waals surface area contributed by atoms with Gasteiger partial charge in [0.25, 0.3) is 5.91 Å². The molecule has 0 bridgehead atoms. The zero-order valence-corrected chi connectivity index (χ0v) is 13.0. The van der Waals surface area contributed by atoms with E-state index in [2.05, 4.69) is 10.6 Å². The number of nitrogens with one attached hydrogen (secondary N) is 2. The SMILES string of the molecule is COc1cccc(/C=C2\NC(=O)NC2=O)c1OCc1ccccc1. The van der Waals surface area contributed by atoms with Crippen LogP contribution in [0.4, 0.5) is 4.79 Å². The fourth-order valence-corrected chi connectivity index (χ4v) is 2.33. The predicted octanol–water partition coefficient (Wildman–Crippen LogP) is 2.45. The Hall–Kier alpha value is -3.28. The molecule has 1 saturated heterocycles. The molecule has 24 heavy (non-hydrogen) atoms. The molecule has 1 fully saturated rings. The summed E-state index contributed by atoms with van der Waals surface area (Å²) in [6.07, 6.45) is 1.56. The van der Waals surface area contributed by atoms with Gasteiger partial charge in [0.05, 0.1) is 7.11 Å². The minimum Gasteiger partial charge on any atom is -0.493 e. The molecule has 2 aromatic carbocycles. The van der Waals surface area contributed by atoms with Gasteiger partial charge < -0.3 is 14.8 Å². The Morgan fingerprint density at radius 3 is 2.46 bits per heavy atom. The van der Waals surface area contributed by atoms with E-state index in [1.807, 2.05) is 30.3 Å². The second kappa shape index (κ2) is 6.87. The summed E-state index contributed by atoms with van der Waals surface area (Å²) in [5.41, 5.74) is 1.81. The lowest BCUT2D eigenvalue weighted by Gasteiger charge is -2.13. The van der Waals surface area contributed by atoms with Crippen LogP contribution in [0.25, 0.3) is 6.08 Å². The van der Waals surface area contributed by atoms with E-state index in [1.165, 1.54) is 0 Å². The highest BCUT2D eigenvalue weighted by molar-refractivity contribution is 6.14. The Labute approximate surface area is 139 Å². The summed E-state index contributed by atoms with van der Waals surface area (Å²) in [6.45, 7) is 0.357. The van der Waals surface area contributed by atoms with Crippen LogP contribution in [0.5, 0.6) is 11.5 Å². The van der Waals surface area contributed by atoms with Crippen molar-refractivity contribution < 1.29 is 19.1 Å². The lowest BCUT2D eigenvalue weighted by Crippen LogP contribution is -2.22. The summed E-state index contributed by atoms with van der Waals surface area (Å²) >= 11 is 0. The van der Waals surface area contributed by atoms with Crippen molar-refractivity contribution >= 4 is 18.0 Å². The molecule has 6 nitrogen and oxygen atoms in total. The molecule has 122 valence electrons. The standard InChI is InChI=1S/C18H16N2O4/c1-23-15-9-5-8-13(10-14-17(21)20-18(22)19-14)16(15)24-11-12-6-3-2-4-7-12/h2-10H,11H2,1H3,(H2,19,20,21,22)/b14-10-. The van der Waals surface area contributed by atoms with Crippen LogP contribution < -0.4 is 20.1 Å². The van der Waals surface area contributed by atoms with Crippen molar-refractivity contribution in [2.45, 2.75) is 6.61 Å². The molecule has 1 aliphatic heterocycles. The molecule has 0 unspecified atom stereocenters. The Morgan fingerprint density at radius 2 is 1.79 bits per heavy atom. The molecule has 0 aliphatic carbocycles. The molecule has 3 rings (SSSR count). The molecular formula is C18H16N2O4. The molecule has 2 N–H and O–H groups in total. The topological polar surface area (TPSA) is 76.7 Å². The van der Waals surface area contributed by atoms with Crippen LogP contribution in [0.3, 0.4) is 0 Å². The van der Waals surface area contributed by atoms with Crippen molar-refractivity contribution in [3.63, 3.8) is 0 Å². The molecule has 0 spiro atoms. The number of imide groups is 1. The second-order valence-corrected chi connectivity index (χ2v) is 5.12. The maximum atomic E-state index is 11.7. The Balaban J connectivity index is 1.90. The third kappa shape index (κ3) is 3.38. The zero-order chi connectivity index (χ0) is 16.9. The molecule has 0 saturated carbocycles. The van der Waals surface area contributed by atoms with Gasteiger partial charge in [-0.25, -0.2) is 4.79 Å². The summed E-state index contributed by atoms with van der Waals surface area (Å²) < 4.78 is 11.2. The number of ether oxygens (including phenoxy) is 2. The van der Waals surface area contributed by atoms with E-state index in [9.17, 15) is 9.59 Å². The normalized spacial score (nSPS) is 15.1. The first kappa shape index (κ1) is 15.6. The van der Waals surface area contributed by atoms with Crippen molar-refractivity contribution in [2.75, 3.05) is 7.11 Å². The fourth-order valence-electron chi connectivity index (χ4n) is 2.33. The highest BCUT2D eigenvalue weighted by Crippen LogP contribution is 2.33. The van der Waals surface area contributed by atoms with Crippen molar-refractivity contribution in [2.24, 2.45) is 0 Å². The third-order valence-corrected chi connectivity index (χ3v) is 3.48. The van der Waals surface area contributed by atoms with Gasteiger partial charge in [0.15, 0.2) is 11.5 Å². The Bertz CT molecular complexity index is 800. The van der Waals surface area contributed by atoms with E-state index in [1.54, 1.807) is 31.4 Å². The van der Waals surface area contributed by atoms with Gasteiger partial charge in [-0.15, -0.1) is 0 Å². The molecule has 1 aliphatic rings. The van der Waals surface area contributed by atoms with E-state index in [-0.39, 0.29) is 5.70 Å². The number of urea groups is 1. The third-order valence-electron chi connectivity index (χ3n) is 3.48. The van der Waals surface area contributed by atoms with Crippen LogP contribution in [0, 0.1) is 0 Å². The predicted molar refractivity (Wildman–Crippen MR) is 88.4 cm³/mol. The summed E-state index contributed by atoms with van der Waals surface area (Å²) in [4.78, 5) is 22.9. The number of carbonyl (C=O) groups is 2. The summed E-state index contributed by atoms with van der Waals surface area (Å²) in [5, 5.41) is 4.62. The summed E-state index contributed by atoms with van der Waals surface area (Å²) in [5.74, 6) is 0.576. The van der Waals surface area contributed by atoms with Crippen LogP contribution in [-0.4, -0.2) is 19.0 Å². The molecule has 0 radical (unpaired) electrons. The molecule has 0 aromatic heterocycles. The van der Waals surface area contributed by atoms with Gasteiger partial charge in [0.2, 0.25) is 0 Å². The largest absolute Gasteiger partial charge is 0.493 e. The maximum absolute atomic E-state index is 11.7. The fraction of sp³-hybridized carbons (Fsp3) is 0.111. The number of amides is 3. The number of benzene rings is 2. The number of rotatable bonds is 5. The van der Waals surface area contributed by atoms with Crippen LogP contribution in [0.2, 0.25) is 0 Å². The molecule has 1 heterocycles. The monoisotopic (exact) mass is 324 g/mol. The average Bonchev–Trinajstić information content (AvgIpc) is 2.91. The van der Waals surface area contributed by atoms with Gasteiger partial charge in [0.1, 0.15) is 12.3 Å². The number of hydrogen-bond donors (Lipinski definition) is 2. The number of para-hydroxylation sites is 1. The van der Waals surface area contributed by atoms with Gasteiger partial charge in [-0.2, -0.15) is 0 Å². The second-order valence-electron chi connectivity index (χ2n) is 5.12.